The highest BCUT2D eigenvalue weighted by Gasteiger charge is 2.39. The zero-order valence-electron chi connectivity index (χ0n) is 5.08. The van der Waals surface area contributed by atoms with Crippen molar-refractivity contribution >= 4 is 0 Å². The summed E-state index contributed by atoms with van der Waals surface area (Å²) < 4.78 is 0. The van der Waals surface area contributed by atoms with Gasteiger partial charge < -0.3 is 5.73 Å². The molecular weight excluding hydrogens is 86.1 g/mol. The van der Waals surface area contributed by atoms with Gasteiger partial charge in [0.15, 0.2) is 0 Å². The summed E-state index contributed by atoms with van der Waals surface area (Å²) in [6.45, 7) is 6.35. The SMILES string of the molecule is CC1=C(N)C1(C)C. The summed E-state index contributed by atoms with van der Waals surface area (Å²) >= 11 is 0. The fraction of sp³-hybridized carbons (Fsp3) is 0.667. The third kappa shape index (κ3) is 0.379. The van der Waals surface area contributed by atoms with Crippen LogP contribution in [-0.2, 0) is 0 Å². The van der Waals surface area contributed by atoms with Crippen molar-refractivity contribution in [3.8, 4) is 0 Å². The smallest absolute Gasteiger partial charge is 0.0268 e. The van der Waals surface area contributed by atoms with Crippen LogP contribution in [0.15, 0.2) is 11.3 Å². The summed E-state index contributed by atoms with van der Waals surface area (Å²) in [5.41, 5.74) is 8.23. The van der Waals surface area contributed by atoms with Crippen LogP contribution in [0.2, 0.25) is 0 Å². The van der Waals surface area contributed by atoms with Crippen LogP contribution in [0.3, 0.4) is 0 Å². The van der Waals surface area contributed by atoms with Crippen LogP contribution in [-0.4, -0.2) is 0 Å². The van der Waals surface area contributed by atoms with Gasteiger partial charge in [-0.15, -0.1) is 0 Å². The normalized spacial score (nSPS) is 25.6. The van der Waals surface area contributed by atoms with Crippen LogP contribution in [0.1, 0.15) is 20.8 Å². The Balaban J connectivity index is 2.69. The van der Waals surface area contributed by atoms with Gasteiger partial charge in [0, 0.05) is 11.1 Å². The first kappa shape index (κ1) is 4.69. The van der Waals surface area contributed by atoms with Gasteiger partial charge in [0.1, 0.15) is 0 Å². The Labute approximate surface area is 44.2 Å². The second-order valence-corrected chi connectivity index (χ2v) is 2.66. The average Bonchev–Trinajstić information content (AvgIpc) is 1.91. The molecule has 2 N–H and O–H groups in total. The van der Waals surface area contributed by atoms with Gasteiger partial charge in [0.2, 0.25) is 0 Å². The molecule has 0 fully saturated rings. The molecule has 1 rings (SSSR count). The number of allylic oxidation sites excluding steroid dienone is 2. The van der Waals surface area contributed by atoms with Crippen LogP contribution in [0.5, 0.6) is 0 Å². The van der Waals surface area contributed by atoms with Crippen LogP contribution >= 0.6 is 0 Å². The van der Waals surface area contributed by atoms with E-state index in [1.165, 1.54) is 5.57 Å². The molecular formula is C6H11N. The molecule has 0 amide bonds. The van der Waals surface area contributed by atoms with Gasteiger partial charge >= 0.3 is 0 Å². The summed E-state index contributed by atoms with van der Waals surface area (Å²) in [4.78, 5) is 0. The van der Waals surface area contributed by atoms with E-state index in [4.69, 9.17) is 5.73 Å². The van der Waals surface area contributed by atoms with Gasteiger partial charge in [0.05, 0.1) is 0 Å². The zero-order valence-corrected chi connectivity index (χ0v) is 5.08. The monoisotopic (exact) mass is 97.1 g/mol. The molecule has 1 aliphatic rings. The Bertz CT molecular complexity index is 117. The number of hydrogen-bond donors (Lipinski definition) is 1. The van der Waals surface area contributed by atoms with Gasteiger partial charge in [-0.1, -0.05) is 13.8 Å². The van der Waals surface area contributed by atoms with Gasteiger partial charge in [-0.05, 0) is 12.5 Å². The maximum Gasteiger partial charge on any atom is 0.0268 e. The summed E-state index contributed by atoms with van der Waals surface area (Å²) in [5.74, 6) is 0. The molecule has 0 aromatic carbocycles. The third-order valence-electron chi connectivity index (χ3n) is 1.95. The minimum Gasteiger partial charge on any atom is -0.401 e. The molecule has 0 spiro atoms. The molecule has 0 saturated carbocycles. The van der Waals surface area contributed by atoms with Gasteiger partial charge in [-0.2, -0.15) is 0 Å². The molecule has 0 aromatic rings. The number of nitrogens with two attached hydrogens (primary N) is 1. The van der Waals surface area contributed by atoms with Gasteiger partial charge in [-0.25, -0.2) is 0 Å². The maximum absolute atomic E-state index is 5.52. The largest absolute Gasteiger partial charge is 0.401 e. The third-order valence-corrected chi connectivity index (χ3v) is 1.95. The fourth-order valence-corrected chi connectivity index (χ4v) is 0.690. The fourth-order valence-electron chi connectivity index (χ4n) is 0.690. The van der Waals surface area contributed by atoms with E-state index in [9.17, 15) is 0 Å². The van der Waals surface area contributed by atoms with Crippen molar-refractivity contribution in [3.05, 3.63) is 11.3 Å². The van der Waals surface area contributed by atoms with Crippen molar-refractivity contribution in [2.24, 2.45) is 11.1 Å². The Hall–Kier alpha value is -0.460. The van der Waals surface area contributed by atoms with Crippen LogP contribution in [0.25, 0.3) is 0 Å². The molecule has 1 heteroatoms. The summed E-state index contributed by atoms with van der Waals surface area (Å²) in [6, 6.07) is 0. The van der Waals surface area contributed by atoms with E-state index in [2.05, 4.69) is 20.8 Å². The quantitative estimate of drug-likeness (QED) is 0.484. The van der Waals surface area contributed by atoms with Gasteiger partial charge in [0.25, 0.3) is 0 Å². The van der Waals surface area contributed by atoms with Crippen molar-refractivity contribution in [2.75, 3.05) is 0 Å². The molecule has 0 aromatic heterocycles. The summed E-state index contributed by atoms with van der Waals surface area (Å²) in [7, 11) is 0. The first-order valence-electron chi connectivity index (χ1n) is 2.54. The minimum absolute atomic E-state index is 0.278. The van der Waals surface area contributed by atoms with Crippen LogP contribution in [0.4, 0.5) is 0 Å². The standard InChI is InChI=1S/C6H11N/c1-4-5(7)6(4,2)3/h7H2,1-3H3. The van der Waals surface area contributed by atoms with Crippen molar-refractivity contribution < 1.29 is 0 Å². The molecule has 0 atom stereocenters. The summed E-state index contributed by atoms with van der Waals surface area (Å²) in [6.07, 6.45) is 0. The highest BCUT2D eigenvalue weighted by atomic mass is 14.7. The Morgan fingerprint density at radius 2 is 1.57 bits per heavy atom. The maximum atomic E-state index is 5.52. The molecule has 1 aliphatic carbocycles. The first-order valence-corrected chi connectivity index (χ1v) is 2.54. The van der Waals surface area contributed by atoms with E-state index >= 15 is 0 Å². The lowest BCUT2D eigenvalue weighted by atomic mass is 10.1. The highest BCUT2D eigenvalue weighted by molar-refractivity contribution is 5.42. The summed E-state index contributed by atoms with van der Waals surface area (Å²) in [5, 5.41) is 0. The predicted molar refractivity (Wildman–Crippen MR) is 30.7 cm³/mol. The topological polar surface area (TPSA) is 26.0 Å². The van der Waals surface area contributed by atoms with E-state index < -0.39 is 0 Å². The highest BCUT2D eigenvalue weighted by Crippen LogP contribution is 2.47. The first-order chi connectivity index (χ1) is 3.07. The minimum atomic E-state index is 0.278. The Kier molecular flexibility index (Phi) is 0.575. The van der Waals surface area contributed by atoms with Crippen LogP contribution in [0, 0.1) is 5.41 Å². The van der Waals surface area contributed by atoms with E-state index in [-0.39, 0.29) is 5.41 Å². The second kappa shape index (κ2) is 0.857. The molecule has 0 saturated heterocycles. The van der Waals surface area contributed by atoms with E-state index in [0.717, 1.165) is 5.70 Å². The molecule has 7 heavy (non-hydrogen) atoms. The van der Waals surface area contributed by atoms with Crippen molar-refractivity contribution in [1.82, 2.24) is 0 Å². The molecule has 0 bridgehead atoms. The molecule has 0 aliphatic heterocycles. The van der Waals surface area contributed by atoms with Crippen molar-refractivity contribution in [2.45, 2.75) is 20.8 Å². The Morgan fingerprint density at radius 3 is 1.57 bits per heavy atom. The zero-order chi connectivity index (χ0) is 5.65. The number of hydrogen-bond acceptors (Lipinski definition) is 1. The lowest BCUT2D eigenvalue weighted by Crippen LogP contribution is -1.97. The Morgan fingerprint density at radius 1 is 1.43 bits per heavy atom. The van der Waals surface area contributed by atoms with Crippen molar-refractivity contribution in [1.29, 1.82) is 0 Å². The molecule has 1 nitrogen and oxygen atoms in total. The van der Waals surface area contributed by atoms with Gasteiger partial charge in [-0.3, -0.25) is 0 Å². The average molecular weight is 97.2 g/mol. The van der Waals surface area contributed by atoms with E-state index in [1.54, 1.807) is 0 Å². The van der Waals surface area contributed by atoms with Crippen molar-refractivity contribution in [3.63, 3.8) is 0 Å². The molecule has 40 valence electrons. The lowest BCUT2D eigenvalue weighted by molar-refractivity contribution is 0.669. The van der Waals surface area contributed by atoms with Crippen LogP contribution < -0.4 is 5.73 Å². The second-order valence-electron chi connectivity index (χ2n) is 2.66. The molecule has 0 unspecified atom stereocenters. The molecule has 0 heterocycles. The van der Waals surface area contributed by atoms with E-state index in [1.807, 2.05) is 0 Å². The number of rotatable bonds is 0. The predicted octanol–water partition coefficient (Wildman–Crippen LogP) is 1.26. The lowest BCUT2D eigenvalue weighted by Gasteiger charge is -1.97. The molecule has 0 radical (unpaired) electrons. The van der Waals surface area contributed by atoms with E-state index in [0.29, 0.717) is 0 Å².